The topological polar surface area (TPSA) is 114 Å². The Labute approximate surface area is 215 Å². The van der Waals surface area contributed by atoms with Crippen LogP contribution in [0.25, 0.3) is 11.3 Å². The van der Waals surface area contributed by atoms with Crippen LogP contribution in [0.15, 0.2) is 77.7 Å². The summed E-state index contributed by atoms with van der Waals surface area (Å²) in [7, 11) is 0. The highest BCUT2D eigenvalue weighted by Gasteiger charge is 2.13. The first-order valence-electron chi connectivity index (χ1n) is 10.9. The fourth-order valence-electron chi connectivity index (χ4n) is 3.31. The molecule has 8 nitrogen and oxygen atoms in total. The molecule has 2 amide bonds. The minimum atomic E-state index is -0.515. The Bertz CT molecular complexity index is 1400. The normalized spacial score (nSPS) is 10.6. The molecule has 3 aromatic carbocycles. The lowest BCUT2D eigenvalue weighted by atomic mass is 10.1. The van der Waals surface area contributed by atoms with E-state index in [9.17, 15) is 19.7 Å². The third-order valence-corrected chi connectivity index (χ3v) is 7.09. The number of anilines is 2. The van der Waals surface area contributed by atoms with Crippen LogP contribution in [-0.4, -0.2) is 27.5 Å². The largest absolute Gasteiger partial charge is 0.322 e. The lowest BCUT2D eigenvalue weighted by molar-refractivity contribution is -0.384. The van der Waals surface area contributed by atoms with Crippen LogP contribution >= 0.6 is 23.1 Å². The van der Waals surface area contributed by atoms with Gasteiger partial charge in [-0.25, -0.2) is 4.98 Å². The number of nitro groups is 1. The Morgan fingerprint density at radius 3 is 2.25 bits per heavy atom. The molecular formula is C26H22N4O4S2. The average molecular weight is 519 g/mol. The first kappa shape index (κ1) is 25.1. The molecule has 182 valence electrons. The highest BCUT2D eigenvalue weighted by Crippen LogP contribution is 2.31. The molecule has 4 aromatic rings. The van der Waals surface area contributed by atoms with Crippen molar-refractivity contribution in [3.05, 3.63) is 98.9 Å². The van der Waals surface area contributed by atoms with Gasteiger partial charge in [-0.3, -0.25) is 19.7 Å². The van der Waals surface area contributed by atoms with Crippen molar-refractivity contribution in [1.29, 1.82) is 0 Å². The molecule has 0 fully saturated rings. The van der Waals surface area contributed by atoms with Crippen molar-refractivity contribution in [2.45, 2.75) is 18.7 Å². The van der Waals surface area contributed by atoms with E-state index >= 15 is 0 Å². The third-order valence-electron chi connectivity index (χ3n) is 5.19. The van der Waals surface area contributed by atoms with E-state index in [4.69, 9.17) is 0 Å². The van der Waals surface area contributed by atoms with Crippen LogP contribution in [0.5, 0.6) is 0 Å². The van der Waals surface area contributed by atoms with Gasteiger partial charge in [0.25, 0.3) is 11.6 Å². The van der Waals surface area contributed by atoms with E-state index in [0.29, 0.717) is 16.4 Å². The summed E-state index contributed by atoms with van der Waals surface area (Å²) in [6.07, 6.45) is 0. The van der Waals surface area contributed by atoms with Crippen molar-refractivity contribution < 1.29 is 14.5 Å². The van der Waals surface area contributed by atoms with Gasteiger partial charge in [0.1, 0.15) is 0 Å². The molecule has 0 saturated carbocycles. The van der Waals surface area contributed by atoms with Gasteiger partial charge in [-0.2, -0.15) is 0 Å². The highest BCUT2D eigenvalue weighted by atomic mass is 32.2. The molecule has 0 unspecified atom stereocenters. The molecule has 2 N–H and O–H groups in total. The zero-order chi connectivity index (χ0) is 25.7. The molecule has 10 heteroatoms. The molecule has 0 atom stereocenters. The number of amides is 2. The van der Waals surface area contributed by atoms with E-state index in [1.807, 2.05) is 50.2 Å². The van der Waals surface area contributed by atoms with Crippen molar-refractivity contribution in [2.24, 2.45) is 0 Å². The second-order valence-electron chi connectivity index (χ2n) is 7.91. The SMILES string of the molecule is Cc1ccc(-c2nc(NC(=O)CSc3ccc(NC(=O)c4ccc([N+](=O)[O-])cc4)cc3)sc2C)cc1. The van der Waals surface area contributed by atoms with Gasteiger partial charge in [0.05, 0.1) is 16.4 Å². The molecule has 0 saturated heterocycles. The van der Waals surface area contributed by atoms with Crippen molar-refractivity contribution in [3.8, 4) is 11.3 Å². The maximum atomic E-state index is 12.5. The summed E-state index contributed by atoms with van der Waals surface area (Å²) >= 11 is 2.82. The van der Waals surface area contributed by atoms with E-state index in [1.165, 1.54) is 52.9 Å². The molecule has 1 heterocycles. The minimum Gasteiger partial charge on any atom is -0.322 e. The summed E-state index contributed by atoms with van der Waals surface area (Å²) in [6, 6.07) is 20.6. The number of nitrogens with one attached hydrogen (secondary N) is 2. The summed E-state index contributed by atoms with van der Waals surface area (Å²) in [5, 5.41) is 16.9. The van der Waals surface area contributed by atoms with E-state index in [-0.39, 0.29) is 23.3 Å². The summed E-state index contributed by atoms with van der Waals surface area (Å²) in [5.74, 6) is -0.305. The van der Waals surface area contributed by atoms with Gasteiger partial charge >= 0.3 is 0 Å². The standard InChI is InChI=1S/C26H22N4O4S2/c1-16-3-5-18(6-4-16)24-17(2)36-26(29-24)28-23(31)15-35-22-13-9-20(10-14-22)27-25(32)19-7-11-21(12-8-19)30(33)34/h3-14H,15H2,1-2H3,(H,27,32)(H,28,29,31). The maximum absolute atomic E-state index is 12.5. The van der Waals surface area contributed by atoms with Crippen molar-refractivity contribution in [1.82, 2.24) is 4.98 Å². The zero-order valence-electron chi connectivity index (χ0n) is 19.5. The fraction of sp³-hybridized carbons (Fsp3) is 0.115. The van der Waals surface area contributed by atoms with Gasteiger partial charge in [0, 0.05) is 38.7 Å². The average Bonchev–Trinajstić information content (AvgIpc) is 3.23. The number of thioether (sulfide) groups is 1. The highest BCUT2D eigenvalue weighted by molar-refractivity contribution is 8.00. The first-order chi connectivity index (χ1) is 17.3. The third kappa shape index (κ3) is 6.35. The summed E-state index contributed by atoms with van der Waals surface area (Å²) in [6.45, 7) is 4.02. The second-order valence-corrected chi connectivity index (χ2v) is 10.2. The van der Waals surface area contributed by atoms with Gasteiger partial charge in [0.15, 0.2) is 5.13 Å². The molecule has 36 heavy (non-hydrogen) atoms. The van der Waals surface area contributed by atoms with Crippen LogP contribution in [0.2, 0.25) is 0 Å². The van der Waals surface area contributed by atoms with E-state index in [2.05, 4.69) is 15.6 Å². The number of nitrogens with zero attached hydrogens (tertiary/aromatic N) is 2. The molecule has 0 radical (unpaired) electrons. The van der Waals surface area contributed by atoms with Gasteiger partial charge in [-0.1, -0.05) is 29.8 Å². The summed E-state index contributed by atoms with van der Waals surface area (Å²) in [4.78, 5) is 41.5. The molecule has 0 spiro atoms. The number of carbonyl (C=O) groups excluding carboxylic acids is 2. The number of thiazole rings is 1. The Morgan fingerprint density at radius 1 is 0.944 bits per heavy atom. The molecule has 0 aliphatic rings. The maximum Gasteiger partial charge on any atom is 0.269 e. The van der Waals surface area contributed by atoms with Crippen LogP contribution in [0.1, 0.15) is 20.8 Å². The van der Waals surface area contributed by atoms with Crippen LogP contribution in [0, 0.1) is 24.0 Å². The Kier molecular flexibility index (Phi) is 7.77. The minimum absolute atomic E-state index is 0.0753. The van der Waals surface area contributed by atoms with Crippen LogP contribution in [-0.2, 0) is 4.79 Å². The van der Waals surface area contributed by atoms with Crippen LogP contribution in [0.3, 0.4) is 0 Å². The molecule has 1 aromatic heterocycles. The monoisotopic (exact) mass is 518 g/mol. The first-order valence-corrected chi connectivity index (χ1v) is 12.7. The number of nitro benzene ring substituents is 1. The number of hydrogen-bond acceptors (Lipinski definition) is 7. The predicted molar refractivity (Wildman–Crippen MR) is 144 cm³/mol. The molecular weight excluding hydrogens is 496 g/mol. The number of aromatic nitrogens is 1. The number of carbonyl (C=O) groups is 2. The molecule has 0 aliphatic carbocycles. The number of non-ortho nitro benzene ring substituents is 1. The fourth-order valence-corrected chi connectivity index (χ4v) is 4.86. The Balaban J connectivity index is 1.29. The van der Waals surface area contributed by atoms with Crippen molar-refractivity contribution in [3.63, 3.8) is 0 Å². The van der Waals surface area contributed by atoms with Gasteiger partial charge < -0.3 is 10.6 Å². The Morgan fingerprint density at radius 2 is 1.61 bits per heavy atom. The van der Waals surface area contributed by atoms with E-state index < -0.39 is 4.92 Å². The number of benzene rings is 3. The summed E-state index contributed by atoms with van der Waals surface area (Å²) < 4.78 is 0. The second kappa shape index (κ2) is 11.1. The van der Waals surface area contributed by atoms with Crippen LogP contribution < -0.4 is 10.6 Å². The number of aryl methyl sites for hydroxylation is 2. The van der Waals surface area contributed by atoms with Crippen molar-refractivity contribution in [2.75, 3.05) is 16.4 Å². The number of rotatable bonds is 8. The van der Waals surface area contributed by atoms with Crippen LogP contribution in [0.4, 0.5) is 16.5 Å². The van der Waals surface area contributed by atoms with Gasteiger partial charge in [-0.15, -0.1) is 23.1 Å². The van der Waals surface area contributed by atoms with E-state index in [0.717, 1.165) is 21.0 Å². The van der Waals surface area contributed by atoms with Gasteiger partial charge in [0.2, 0.25) is 5.91 Å². The lowest BCUT2D eigenvalue weighted by Crippen LogP contribution is -2.13. The van der Waals surface area contributed by atoms with E-state index in [1.54, 1.807) is 12.1 Å². The zero-order valence-corrected chi connectivity index (χ0v) is 21.1. The van der Waals surface area contributed by atoms with Crippen molar-refractivity contribution >= 4 is 51.4 Å². The summed E-state index contributed by atoms with van der Waals surface area (Å²) in [5.41, 5.74) is 3.89. The quantitative estimate of drug-likeness (QED) is 0.160. The smallest absolute Gasteiger partial charge is 0.269 e. The Hall–Kier alpha value is -4.02. The molecule has 0 aliphatic heterocycles. The molecule has 4 rings (SSSR count). The number of hydrogen-bond donors (Lipinski definition) is 2. The predicted octanol–water partition coefficient (Wildman–Crippen LogP) is 6.32. The lowest BCUT2D eigenvalue weighted by Gasteiger charge is -2.07. The van der Waals surface area contributed by atoms with Gasteiger partial charge in [-0.05, 0) is 50.2 Å². The molecule has 0 bridgehead atoms.